The van der Waals surface area contributed by atoms with Gasteiger partial charge in [0.1, 0.15) is 5.78 Å². The molecule has 0 saturated heterocycles. The summed E-state index contributed by atoms with van der Waals surface area (Å²) in [4.78, 5) is 12.0. The summed E-state index contributed by atoms with van der Waals surface area (Å²) in [7, 11) is 1.70. The van der Waals surface area contributed by atoms with E-state index >= 15 is 0 Å². The van der Waals surface area contributed by atoms with Gasteiger partial charge in [0, 0.05) is 39.3 Å². The van der Waals surface area contributed by atoms with Crippen LogP contribution in [0.15, 0.2) is 0 Å². The van der Waals surface area contributed by atoms with Crippen molar-refractivity contribution in [1.29, 1.82) is 0 Å². The molecule has 1 saturated carbocycles. The van der Waals surface area contributed by atoms with Crippen molar-refractivity contribution in [1.82, 2.24) is 0 Å². The van der Waals surface area contributed by atoms with Crippen molar-refractivity contribution in [2.45, 2.75) is 52.9 Å². The number of ether oxygens (including phenoxy) is 2. The van der Waals surface area contributed by atoms with Crippen molar-refractivity contribution >= 4 is 5.78 Å². The van der Waals surface area contributed by atoms with E-state index in [1.165, 1.54) is 0 Å². The van der Waals surface area contributed by atoms with E-state index in [9.17, 15) is 4.79 Å². The summed E-state index contributed by atoms with van der Waals surface area (Å²) in [5.41, 5.74) is 0.318. The van der Waals surface area contributed by atoms with Crippen molar-refractivity contribution in [3.63, 3.8) is 0 Å². The molecule has 19 heavy (non-hydrogen) atoms. The van der Waals surface area contributed by atoms with Crippen LogP contribution in [0.5, 0.6) is 0 Å². The van der Waals surface area contributed by atoms with Gasteiger partial charge < -0.3 is 9.47 Å². The largest absolute Gasteiger partial charge is 0.385 e. The molecule has 0 heterocycles. The van der Waals surface area contributed by atoms with Gasteiger partial charge in [-0.1, -0.05) is 20.8 Å². The number of ketones is 1. The molecule has 0 aromatic rings. The lowest BCUT2D eigenvalue weighted by molar-refractivity contribution is -0.127. The predicted molar refractivity (Wildman–Crippen MR) is 77.2 cm³/mol. The molecule has 2 atom stereocenters. The fourth-order valence-corrected chi connectivity index (χ4v) is 2.81. The zero-order chi connectivity index (χ0) is 14.3. The van der Waals surface area contributed by atoms with E-state index in [2.05, 4.69) is 20.8 Å². The molecule has 0 aliphatic heterocycles. The van der Waals surface area contributed by atoms with Gasteiger partial charge in [-0.15, -0.1) is 0 Å². The molecule has 112 valence electrons. The van der Waals surface area contributed by atoms with Gasteiger partial charge in [0.2, 0.25) is 0 Å². The van der Waals surface area contributed by atoms with Crippen molar-refractivity contribution < 1.29 is 14.3 Å². The summed E-state index contributed by atoms with van der Waals surface area (Å²) >= 11 is 0. The second kappa shape index (κ2) is 8.01. The molecular formula is C16H30O3. The van der Waals surface area contributed by atoms with Crippen LogP contribution in [0.4, 0.5) is 0 Å². The third-order valence-electron chi connectivity index (χ3n) is 4.24. The minimum atomic E-state index is 0.223. The Morgan fingerprint density at radius 1 is 1.21 bits per heavy atom. The molecule has 1 fully saturated rings. The van der Waals surface area contributed by atoms with Crippen LogP contribution in [0.2, 0.25) is 0 Å². The summed E-state index contributed by atoms with van der Waals surface area (Å²) in [6.45, 7) is 9.03. The van der Waals surface area contributed by atoms with Crippen LogP contribution in [0.1, 0.15) is 52.9 Å². The van der Waals surface area contributed by atoms with E-state index in [0.717, 1.165) is 45.3 Å². The van der Waals surface area contributed by atoms with Gasteiger partial charge in [-0.05, 0) is 37.0 Å². The molecule has 2 unspecified atom stereocenters. The molecule has 0 N–H and O–H groups in total. The molecule has 1 aliphatic carbocycles. The Labute approximate surface area is 118 Å². The number of carbonyl (C=O) groups is 1. The van der Waals surface area contributed by atoms with Gasteiger partial charge >= 0.3 is 0 Å². The number of Topliss-reactive ketones (excluding diaryl/α,β-unsaturated/α-hetero) is 1. The van der Waals surface area contributed by atoms with Gasteiger partial charge in [-0.25, -0.2) is 0 Å². The quantitative estimate of drug-likeness (QED) is 0.665. The first-order chi connectivity index (χ1) is 8.95. The third-order valence-corrected chi connectivity index (χ3v) is 4.24. The minimum absolute atomic E-state index is 0.223. The average Bonchev–Trinajstić information content (AvgIpc) is 2.34. The Morgan fingerprint density at radius 3 is 2.58 bits per heavy atom. The maximum Gasteiger partial charge on any atom is 0.136 e. The van der Waals surface area contributed by atoms with E-state index in [0.29, 0.717) is 23.7 Å². The highest BCUT2D eigenvalue weighted by atomic mass is 16.5. The average molecular weight is 270 g/mol. The molecule has 0 aromatic heterocycles. The van der Waals surface area contributed by atoms with Crippen LogP contribution < -0.4 is 0 Å². The molecular weight excluding hydrogens is 240 g/mol. The second-order valence-electron chi connectivity index (χ2n) is 6.75. The molecule has 3 nitrogen and oxygen atoms in total. The van der Waals surface area contributed by atoms with E-state index in [-0.39, 0.29) is 5.92 Å². The van der Waals surface area contributed by atoms with E-state index in [4.69, 9.17) is 9.47 Å². The van der Waals surface area contributed by atoms with E-state index < -0.39 is 0 Å². The molecule has 3 heteroatoms. The lowest BCUT2D eigenvalue weighted by atomic mass is 9.68. The van der Waals surface area contributed by atoms with Crippen molar-refractivity contribution in [3.05, 3.63) is 0 Å². The summed E-state index contributed by atoms with van der Waals surface area (Å²) in [6.07, 6.45) is 4.69. The van der Waals surface area contributed by atoms with Crippen molar-refractivity contribution in [2.75, 3.05) is 26.9 Å². The lowest BCUT2D eigenvalue weighted by Crippen LogP contribution is -2.32. The van der Waals surface area contributed by atoms with Gasteiger partial charge in [0.05, 0.1) is 0 Å². The molecule has 1 rings (SSSR count). The van der Waals surface area contributed by atoms with E-state index in [1.807, 2.05) is 0 Å². The Bertz CT molecular complexity index is 268. The number of hydrogen-bond donors (Lipinski definition) is 0. The van der Waals surface area contributed by atoms with Crippen LogP contribution in [0.25, 0.3) is 0 Å². The molecule has 1 aliphatic rings. The van der Waals surface area contributed by atoms with E-state index in [1.54, 1.807) is 7.11 Å². The molecule has 0 radical (unpaired) electrons. The van der Waals surface area contributed by atoms with Crippen molar-refractivity contribution in [3.8, 4) is 0 Å². The first-order valence-electron chi connectivity index (χ1n) is 7.54. The predicted octanol–water partition coefficient (Wildman–Crippen LogP) is 3.46. The maximum absolute atomic E-state index is 12.0. The van der Waals surface area contributed by atoms with Crippen LogP contribution in [0, 0.1) is 17.3 Å². The Kier molecular flexibility index (Phi) is 7.01. The highest BCUT2D eigenvalue weighted by Gasteiger charge is 2.34. The fourth-order valence-electron chi connectivity index (χ4n) is 2.81. The summed E-state index contributed by atoms with van der Waals surface area (Å²) in [6, 6.07) is 0. The normalized spacial score (nSPS) is 24.7. The van der Waals surface area contributed by atoms with Crippen LogP contribution in [-0.2, 0) is 14.3 Å². The zero-order valence-corrected chi connectivity index (χ0v) is 13.0. The number of carbonyl (C=O) groups excluding carboxylic acids is 1. The van der Waals surface area contributed by atoms with Crippen LogP contribution >= 0.6 is 0 Å². The number of rotatable bonds is 7. The van der Waals surface area contributed by atoms with Gasteiger partial charge in [0.15, 0.2) is 0 Å². The molecule has 0 aromatic carbocycles. The van der Waals surface area contributed by atoms with Gasteiger partial charge in [-0.2, -0.15) is 0 Å². The standard InChI is InChI=1S/C16H30O3/c1-16(2,3)14-6-7-15(17)13(12-14)8-11-19-10-5-9-18-4/h13-14H,5-12H2,1-4H3. The zero-order valence-electron chi connectivity index (χ0n) is 13.0. The number of hydrogen-bond acceptors (Lipinski definition) is 3. The Morgan fingerprint density at radius 2 is 1.95 bits per heavy atom. The number of methoxy groups -OCH3 is 1. The van der Waals surface area contributed by atoms with Gasteiger partial charge in [0.25, 0.3) is 0 Å². The first-order valence-corrected chi connectivity index (χ1v) is 7.54. The maximum atomic E-state index is 12.0. The fraction of sp³-hybridized carbons (Fsp3) is 0.938. The third kappa shape index (κ3) is 6.05. The highest BCUT2D eigenvalue weighted by Crippen LogP contribution is 2.39. The SMILES string of the molecule is COCCCOCCC1CC(C(C)(C)C)CCC1=O. The minimum Gasteiger partial charge on any atom is -0.385 e. The molecule has 0 amide bonds. The summed E-state index contributed by atoms with van der Waals surface area (Å²) in [5, 5.41) is 0. The van der Waals surface area contributed by atoms with Gasteiger partial charge in [-0.3, -0.25) is 4.79 Å². The van der Waals surface area contributed by atoms with Crippen molar-refractivity contribution in [2.24, 2.45) is 17.3 Å². The Hall–Kier alpha value is -0.410. The summed E-state index contributed by atoms with van der Waals surface area (Å²) in [5.74, 6) is 1.34. The first kappa shape index (κ1) is 16.6. The second-order valence-corrected chi connectivity index (χ2v) is 6.75. The van der Waals surface area contributed by atoms with Crippen LogP contribution in [-0.4, -0.2) is 32.7 Å². The lowest BCUT2D eigenvalue weighted by Gasteiger charge is -2.37. The van der Waals surface area contributed by atoms with Crippen LogP contribution in [0.3, 0.4) is 0 Å². The molecule has 0 spiro atoms. The monoisotopic (exact) mass is 270 g/mol. The molecule has 0 bridgehead atoms. The smallest absolute Gasteiger partial charge is 0.136 e. The topological polar surface area (TPSA) is 35.5 Å². The Balaban J connectivity index is 2.25. The summed E-state index contributed by atoms with van der Waals surface area (Å²) < 4.78 is 10.5. The highest BCUT2D eigenvalue weighted by molar-refractivity contribution is 5.81.